The molecule has 0 spiro atoms. The van der Waals surface area contributed by atoms with Crippen molar-refractivity contribution >= 4 is 17.7 Å². The number of carboxylic acids is 1. The number of morpholine rings is 1. The molecule has 2 aliphatic rings. The van der Waals surface area contributed by atoms with Crippen molar-refractivity contribution in [2.75, 3.05) is 50.8 Å². The Bertz CT molecular complexity index is 994. The number of amides is 1. The van der Waals surface area contributed by atoms with Gasteiger partial charge < -0.3 is 24.4 Å². The number of anilines is 1. The van der Waals surface area contributed by atoms with Gasteiger partial charge in [0.05, 0.1) is 18.8 Å². The van der Waals surface area contributed by atoms with E-state index < -0.39 is 48.3 Å². The summed E-state index contributed by atoms with van der Waals surface area (Å²) in [7, 11) is 0. The van der Waals surface area contributed by atoms with Crippen LogP contribution in [-0.2, 0) is 27.0 Å². The number of nitrogens with zero attached hydrogens (tertiary/aromatic N) is 3. The van der Waals surface area contributed by atoms with E-state index in [9.17, 15) is 54.2 Å². The maximum Gasteiger partial charge on any atom is 0.434 e. The largest absolute Gasteiger partial charge is 0.480 e. The van der Waals surface area contributed by atoms with Crippen LogP contribution in [-0.4, -0.2) is 97.4 Å². The predicted molar refractivity (Wildman–Crippen MR) is 110 cm³/mol. The molecule has 1 N–H and O–H groups in total. The van der Waals surface area contributed by atoms with Gasteiger partial charge in [-0.25, -0.2) is 9.59 Å². The molecular formula is C21H22F9N3O5. The minimum Gasteiger partial charge on any atom is -0.480 e. The number of halogens is 9. The molecule has 0 saturated carbocycles. The second kappa shape index (κ2) is 11.0. The van der Waals surface area contributed by atoms with E-state index in [1.807, 2.05) is 0 Å². The highest BCUT2D eigenvalue weighted by Crippen LogP contribution is 2.37. The number of ether oxygens (including phenoxy) is 2. The average Bonchev–Trinajstić information content (AvgIpc) is 2.81. The van der Waals surface area contributed by atoms with Crippen molar-refractivity contribution in [2.45, 2.75) is 37.2 Å². The zero-order chi connectivity index (χ0) is 28.5. The Morgan fingerprint density at radius 2 is 1.58 bits per heavy atom. The molecule has 8 nitrogen and oxygen atoms in total. The minimum absolute atomic E-state index is 0.00411. The van der Waals surface area contributed by atoms with Crippen molar-refractivity contribution in [1.29, 1.82) is 0 Å². The molecule has 1 amide bonds. The van der Waals surface area contributed by atoms with Crippen molar-refractivity contribution in [2.24, 2.45) is 0 Å². The van der Waals surface area contributed by atoms with Crippen LogP contribution in [0, 0.1) is 0 Å². The molecule has 17 heteroatoms. The summed E-state index contributed by atoms with van der Waals surface area (Å²) in [5.74, 6) is -1.31. The highest BCUT2D eigenvalue weighted by atomic mass is 19.4. The summed E-state index contributed by atoms with van der Waals surface area (Å²) < 4.78 is 125. The molecule has 1 atom stereocenters. The zero-order valence-electron chi connectivity index (χ0n) is 19.4. The number of hydrogen-bond donors (Lipinski definition) is 1. The van der Waals surface area contributed by atoms with E-state index >= 15 is 0 Å². The lowest BCUT2D eigenvalue weighted by molar-refractivity contribution is -0.308. The Labute approximate surface area is 209 Å². The van der Waals surface area contributed by atoms with Gasteiger partial charge in [-0.3, -0.25) is 4.90 Å². The summed E-state index contributed by atoms with van der Waals surface area (Å²) in [4.78, 5) is 27.2. The number of hydrogen-bond acceptors (Lipinski definition) is 6. The monoisotopic (exact) mass is 567 g/mol. The Kier molecular flexibility index (Phi) is 8.60. The Morgan fingerprint density at radius 1 is 0.974 bits per heavy atom. The smallest absolute Gasteiger partial charge is 0.434 e. The van der Waals surface area contributed by atoms with E-state index in [4.69, 9.17) is 4.74 Å². The third kappa shape index (κ3) is 7.12. The van der Waals surface area contributed by atoms with Gasteiger partial charge in [0.15, 0.2) is 6.04 Å². The van der Waals surface area contributed by atoms with Gasteiger partial charge in [0.1, 0.15) is 0 Å². The minimum atomic E-state index is -5.86. The highest BCUT2D eigenvalue weighted by Gasteiger charge is 2.60. The molecule has 1 aromatic rings. The number of carbonyl (C=O) groups is 2. The molecule has 2 fully saturated rings. The second-order valence-electron chi connectivity index (χ2n) is 8.57. The fraction of sp³-hybridized carbons (Fsp3) is 0.619. The van der Waals surface area contributed by atoms with Crippen LogP contribution >= 0.6 is 0 Å². The summed E-state index contributed by atoms with van der Waals surface area (Å²) in [6.07, 6.45) is -22.5. The first-order valence-electron chi connectivity index (χ1n) is 11.1. The van der Waals surface area contributed by atoms with Crippen LogP contribution in [0.5, 0.6) is 0 Å². The van der Waals surface area contributed by atoms with Gasteiger partial charge in [0.2, 0.25) is 0 Å². The van der Waals surface area contributed by atoms with Gasteiger partial charge >= 0.3 is 30.6 Å². The third-order valence-corrected chi connectivity index (χ3v) is 5.97. The molecule has 0 bridgehead atoms. The Hall–Kier alpha value is -2.95. The normalized spacial score (nSPS) is 20.1. The molecule has 2 saturated heterocycles. The lowest BCUT2D eigenvalue weighted by atomic mass is 10.0. The van der Waals surface area contributed by atoms with Gasteiger partial charge in [0.25, 0.3) is 6.10 Å². The molecule has 0 aromatic heterocycles. The maximum atomic E-state index is 13.4. The fourth-order valence-corrected chi connectivity index (χ4v) is 4.06. The van der Waals surface area contributed by atoms with E-state index in [-0.39, 0.29) is 58.2 Å². The summed E-state index contributed by atoms with van der Waals surface area (Å²) in [6, 6.07) is 1.55. The van der Waals surface area contributed by atoms with Crippen LogP contribution < -0.4 is 4.90 Å². The van der Waals surface area contributed by atoms with Gasteiger partial charge in [-0.05, 0) is 17.7 Å². The van der Waals surface area contributed by atoms with Crippen molar-refractivity contribution < 1.29 is 63.7 Å². The predicted octanol–water partition coefficient (Wildman–Crippen LogP) is 3.74. The summed E-state index contributed by atoms with van der Waals surface area (Å²) in [5, 5.41) is 9.51. The zero-order valence-corrected chi connectivity index (χ0v) is 19.4. The average molecular weight is 567 g/mol. The van der Waals surface area contributed by atoms with E-state index in [2.05, 4.69) is 4.74 Å². The van der Waals surface area contributed by atoms with Gasteiger partial charge in [0, 0.05) is 45.0 Å². The van der Waals surface area contributed by atoms with Gasteiger partial charge in [-0.15, -0.1) is 0 Å². The van der Waals surface area contributed by atoms with Crippen molar-refractivity contribution in [3.8, 4) is 0 Å². The molecule has 2 aliphatic heterocycles. The molecule has 38 heavy (non-hydrogen) atoms. The number of piperazine rings is 1. The molecule has 0 radical (unpaired) electrons. The topological polar surface area (TPSA) is 82.6 Å². The summed E-state index contributed by atoms with van der Waals surface area (Å²) in [6.45, 7) is -0.968. The van der Waals surface area contributed by atoms with E-state index in [0.717, 1.165) is 12.1 Å². The van der Waals surface area contributed by atoms with E-state index in [1.54, 1.807) is 4.90 Å². The second-order valence-corrected chi connectivity index (χ2v) is 8.57. The number of carbonyl (C=O) groups excluding carboxylic acids is 1. The first-order chi connectivity index (χ1) is 17.5. The SMILES string of the molecule is O=C(O)C1COCCN1c1cc(C(F)(F)F)ccc1CN1CCN(C(=O)OC(C(F)(F)F)C(F)(F)F)CC1. The number of aliphatic carboxylic acids is 1. The van der Waals surface area contributed by atoms with Gasteiger partial charge in [-0.2, -0.15) is 39.5 Å². The first-order valence-corrected chi connectivity index (χ1v) is 11.1. The molecule has 1 unspecified atom stereocenters. The lowest BCUT2D eigenvalue weighted by Crippen LogP contribution is -2.53. The summed E-state index contributed by atoms with van der Waals surface area (Å²) >= 11 is 0. The fourth-order valence-electron chi connectivity index (χ4n) is 4.06. The molecule has 0 aliphatic carbocycles. The molecule has 2 heterocycles. The van der Waals surface area contributed by atoms with Crippen molar-refractivity contribution in [1.82, 2.24) is 9.80 Å². The third-order valence-electron chi connectivity index (χ3n) is 5.97. The first kappa shape index (κ1) is 29.6. The lowest BCUT2D eigenvalue weighted by Gasteiger charge is -2.38. The molecule has 3 rings (SSSR count). The quantitative estimate of drug-likeness (QED) is 0.543. The van der Waals surface area contributed by atoms with Crippen LogP contribution in [0.2, 0.25) is 0 Å². The Morgan fingerprint density at radius 3 is 2.11 bits per heavy atom. The standard InChI is InChI=1S/C21H22F9N3O5/c22-19(23,24)13-2-1-12(14(9-13)33-7-8-37-11-15(33)16(34)35)10-31-3-5-32(6-4-31)18(36)38-17(20(25,26)27)21(28,29)30/h1-2,9,15,17H,3-8,10-11H2,(H,34,35). The van der Waals surface area contributed by atoms with Crippen LogP contribution in [0.4, 0.5) is 50.0 Å². The molecule has 214 valence electrons. The Balaban J connectivity index is 1.74. The van der Waals surface area contributed by atoms with Crippen molar-refractivity contribution in [3.63, 3.8) is 0 Å². The molecule has 1 aromatic carbocycles. The van der Waals surface area contributed by atoms with Crippen LogP contribution in [0.25, 0.3) is 0 Å². The van der Waals surface area contributed by atoms with Crippen LogP contribution in [0.3, 0.4) is 0 Å². The number of benzene rings is 1. The summed E-state index contributed by atoms with van der Waals surface area (Å²) in [5.41, 5.74) is -0.713. The number of carboxylic acid groups (broad SMARTS) is 1. The van der Waals surface area contributed by atoms with Gasteiger partial charge in [-0.1, -0.05) is 6.07 Å². The maximum absolute atomic E-state index is 13.4. The number of rotatable bonds is 5. The van der Waals surface area contributed by atoms with E-state index in [1.165, 1.54) is 11.0 Å². The van der Waals surface area contributed by atoms with Crippen LogP contribution in [0.15, 0.2) is 18.2 Å². The molecular weight excluding hydrogens is 545 g/mol. The highest BCUT2D eigenvalue weighted by molar-refractivity contribution is 5.79. The van der Waals surface area contributed by atoms with Crippen LogP contribution in [0.1, 0.15) is 11.1 Å². The van der Waals surface area contributed by atoms with E-state index in [0.29, 0.717) is 10.5 Å². The van der Waals surface area contributed by atoms with Crippen molar-refractivity contribution in [3.05, 3.63) is 29.3 Å². The number of alkyl halides is 9.